The molecule has 3 aromatic heterocycles. The minimum absolute atomic E-state index is 0.0156. The third-order valence-corrected chi connectivity index (χ3v) is 9.03. The molecular formula is C16H20ClN5O2S3. The summed E-state index contributed by atoms with van der Waals surface area (Å²) in [6, 6.07) is 3.18. The molecule has 4 rings (SSSR count). The summed E-state index contributed by atoms with van der Waals surface area (Å²) in [6.07, 6.45) is 1.97. The van der Waals surface area contributed by atoms with Crippen LogP contribution in [0.25, 0.3) is 4.96 Å². The van der Waals surface area contributed by atoms with E-state index in [1.54, 1.807) is 12.1 Å². The lowest BCUT2D eigenvalue weighted by Crippen LogP contribution is -2.48. The first-order valence-electron chi connectivity index (χ1n) is 8.52. The summed E-state index contributed by atoms with van der Waals surface area (Å²) in [6.45, 7) is 8.42. The van der Waals surface area contributed by atoms with Crippen molar-refractivity contribution in [1.29, 1.82) is 0 Å². The van der Waals surface area contributed by atoms with Crippen LogP contribution in [0.2, 0.25) is 4.34 Å². The second kappa shape index (κ2) is 6.70. The van der Waals surface area contributed by atoms with E-state index in [-0.39, 0.29) is 5.41 Å². The maximum absolute atomic E-state index is 12.7. The van der Waals surface area contributed by atoms with E-state index in [9.17, 15) is 8.42 Å². The Kier molecular flexibility index (Phi) is 4.75. The Morgan fingerprint density at radius 1 is 1.11 bits per heavy atom. The molecule has 1 aliphatic rings. The van der Waals surface area contributed by atoms with Crippen molar-refractivity contribution in [2.24, 2.45) is 0 Å². The lowest BCUT2D eigenvalue weighted by atomic mass is 9.93. The van der Waals surface area contributed by atoms with E-state index in [1.165, 1.54) is 15.6 Å². The van der Waals surface area contributed by atoms with Gasteiger partial charge < -0.3 is 4.90 Å². The molecule has 0 radical (unpaired) electrons. The highest BCUT2D eigenvalue weighted by Crippen LogP contribution is 2.31. The molecule has 7 nitrogen and oxygen atoms in total. The first-order chi connectivity index (χ1) is 12.6. The molecule has 27 heavy (non-hydrogen) atoms. The van der Waals surface area contributed by atoms with E-state index in [0.29, 0.717) is 34.7 Å². The van der Waals surface area contributed by atoms with Crippen molar-refractivity contribution in [2.75, 3.05) is 31.1 Å². The van der Waals surface area contributed by atoms with E-state index in [4.69, 9.17) is 11.6 Å². The monoisotopic (exact) mass is 445 g/mol. The highest BCUT2D eigenvalue weighted by atomic mass is 35.5. The van der Waals surface area contributed by atoms with Gasteiger partial charge in [0.25, 0.3) is 10.0 Å². The Balaban J connectivity index is 1.47. The molecule has 0 aliphatic carbocycles. The van der Waals surface area contributed by atoms with Crippen LogP contribution in [0, 0.1) is 0 Å². The largest absolute Gasteiger partial charge is 0.344 e. The molecule has 0 amide bonds. The fraction of sp³-hybridized carbons (Fsp3) is 0.500. The van der Waals surface area contributed by atoms with Crippen LogP contribution in [0.5, 0.6) is 0 Å². The molecule has 1 aliphatic heterocycles. The molecule has 0 bridgehead atoms. The zero-order chi connectivity index (χ0) is 19.4. The molecule has 11 heteroatoms. The predicted molar refractivity (Wildman–Crippen MR) is 110 cm³/mol. The SMILES string of the molecule is CC(C)(C)c1cn2nc(N3CCN(S(=O)(=O)c4ccc(Cl)s4)CC3)sc2n1. The number of nitrogens with zero attached hydrogens (tertiary/aromatic N) is 5. The maximum Gasteiger partial charge on any atom is 0.252 e. The minimum atomic E-state index is -3.48. The molecule has 0 N–H and O–H groups in total. The van der Waals surface area contributed by atoms with Crippen molar-refractivity contribution >= 4 is 54.4 Å². The van der Waals surface area contributed by atoms with Gasteiger partial charge in [-0.2, -0.15) is 4.31 Å². The molecule has 1 saturated heterocycles. The summed E-state index contributed by atoms with van der Waals surface area (Å²) in [5.41, 5.74) is 0.997. The van der Waals surface area contributed by atoms with Gasteiger partial charge in [-0.3, -0.25) is 0 Å². The Morgan fingerprint density at radius 3 is 2.37 bits per heavy atom. The number of piperazine rings is 1. The van der Waals surface area contributed by atoms with Gasteiger partial charge in [0.05, 0.1) is 16.2 Å². The van der Waals surface area contributed by atoms with Crippen LogP contribution in [0.3, 0.4) is 0 Å². The molecule has 146 valence electrons. The molecule has 3 aromatic rings. The second-order valence-electron chi connectivity index (χ2n) is 7.44. The van der Waals surface area contributed by atoms with Crippen LogP contribution in [0.1, 0.15) is 26.5 Å². The molecule has 0 atom stereocenters. The Morgan fingerprint density at radius 2 is 1.81 bits per heavy atom. The summed E-state index contributed by atoms with van der Waals surface area (Å²) in [5.74, 6) is 0. The van der Waals surface area contributed by atoms with Gasteiger partial charge in [-0.15, -0.1) is 16.4 Å². The molecule has 0 aromatic carbocycles. The molecule has 0 saturated carbocycles. The zero-order valence-corrected chi connectivity index (χ0v) is 18.4. The summed E-state index contributed by atoms with van der Waals surface area (Å²) >= 11 is 8.51. The van der Waals surface area contributed by atoms with Crippen molar-refractivity contribution in [3.05, 3.63) is 28.4 Å². The number of anilines is 1. The van der Waals surface area contributed by atoms with Gasteiger partial charge in [-0.1, -0.05) is 43.7 Å². The lowest BCUT2D eigenvalue weighted by Gasteiger charge is -2.33. The third kappa shape index (κ3) is 3.61. The predicted octanol–water partition coefficient (Wildman–Crippen LogP) is 3.31. The first kappa shape index (κ1) is 19.1. The average Bonchev–Trinajstić information content (AvgIpc) is 3.28. The van der Waals surface area contributed by atoms with Gasteiger partial charge in [0.1, 0.15) is 4.21 Å². The number of rotatable bonds is 3. The van der Waals surface area contributed by atoms with Gasteiger partial charge in [-0.05, 0) is 12.1 Å². The average molecular weight is 446 g/mol. The quantitative estimate of drug-likeness (QED) is 0.618. The van der Waals surface area contributed by atoms with Gasteiger partial charge in [0.15, 0.2) is 0 Å². The van der Waals surface area contributed by atoms with Gasteiger partial charge in [0, 0.05) is 31.6 Å². The van der Waals surface area contributed by atoms with E-state index in [2.05, 4.69) is 35.8 Å². The minimum Gasteiger partial charge on any atom is -0.344 e. The lowest BCUT2D eigenvalue weighted by molar-refractivity contribution is 0.385. The Bertz CT molecular complexity index is 1040. The van der Waals surface area contributed by atoms with Crippen molar-refractivity contribution in [3.63, 3.8) is 0 Å². The highest BCUT2D eigenvalue weighted by Gasteiger charge is 2.31. The number of sulfonamides is 1. The summed E-state index contributed by atoms with van der Waals surface area (Å²) in [4.78, 5) is 7.64. The van der Waals surface area contributed by atoms with Crippen LogP contribution in [0.15, 0.2) is 22.5 Å². The zero-order valence-electron chi connectivity index (χ0n) is 15.2. The molecule has 4 heterocycles. The number of thiophene rings is 1. The van der Waals surface area contributed by atoms with Crippen molar-refractivity contribution in [3.8, 4) is 0 Å². The summed E-state index contributed by atoms with van der Waals surface area (Å²) < 4.78 is 29.5. The smallest absolute Gasteiger partial charge is 0.252 e. The Hall–Kier alpha value is -1.20. The highest BCUT2D eigenvalue weighted by molar-refractivity contribution is 7.91. The number of halogens is 1. The fourth-order valence-electron chi connectivity index (χ4n) is 2.86. The molecule has 0 spiro atoms. The van der Waals surface area contributed by atoms with Crippen LogP contribution in [0.4, 0.5) is 5.13 Å². The standard InChI is InChI=1S/C16H20ClN5O2S3/c1-16(2,3)11-10-22-14(18-11)26-15(19-22)20-6-8-21(9-7-20)27(23,24)13-5-4-12(17)25-13/h4-5,10H,6-9H2,1-3H3. The molecular weight excluding hydrogens is 426 g/mol. The summed E-state index contributed by atoms with van der Waals surface area (Å²) in [5, 5.41) is 5.50. The number of fused-ring (bicyclic) bond motifs is 1. The van der Waals surface area contributed by atoms with Crippen LogP contribution >= 0.6 is 34.3 Å². The first-order valence-corrected chi connectivity index (χ1v) is 12.0. The Labute approximate surface area is 171 Å². The number of hydrogen-bond donors (Lipinski definition) is 0. The maximum atomic E-state index is 12.7. The van der Waals surface area contributed by atoms with E-state index in [0.717, 1.165) is 27.1 Å². The topological polar surface area (TPSA) is 70.8 Å². The van der Waals surface area contributed by atoms with Crippen LogP contribution < -0.4 is 4.90 Å². The second-order valence-corrected chi connectivity index (χ2v) is 12.3. The van der Waals surface area contributed by atoms with E-state index in [1.807, 2.05) is 10.7 Å². The van der Waals surface area contributed by atoms with Crippen LogP contribution in [-0.2, 0) is 15.4 Å². The van der Waals surface area contributed by atoms with Crippen molar-refractivity contribution < 1.29 is 8.42 Å². The molecule has 1 fully saturated rings. The van der Waals surface area contributed by atoms with E-state index >= 15 is 0 Å². The number of aromatic nitrogens is 3. The van der Waals surface area contributed by atoms with Gasteiger partial charge in [0.2, 0.25) is 10.1 Å². The van der Waals surface area contributed by atoms with Crippen LogP contribution in [-0.4, -0.2) is 53.5 Å². The summed E-state index contributed by atoms with van der Waals surface area (Å²) in [7, 11) is -3.48. The third-order valence-electron chi connectivity index (χ3n) is 4.45. The van der Waals surface area contributed by atoms with E-state index < -0.39 is 10.0 Å². The van der Waals surface area contributed by atoms with Crippen molar-refractivity contribution in [2.45, 2.75) is 30.4 Å². The van der Waals surface area contributed by atoms with Gasteiger partial charge in [-0.25, -0.2) is 17.9 Å². The number of hydrogen-bond acceptors (Lipinski definition) is 7. The fourth-order valence-corrected chi connectivity index (χ4v) is 6.86. The number of imidazole rings is 1. The van der Waals surface area contributed by atoms with Gasteiger partial charge >= 0.3 is 0 Å². The van der Waals surface area contributed by atoms with Crippen molar-refractivity contribution in [1.82, 2.24) is 18.9 Å². The normalized spacial score (nSPS) is 17.1. The molecule has 0 unspecified atom stereocenters.